The van der Waals surface area contributed by atoms with Crippen molar-refractivity contribution >= 4 is 10.0 Å². The molecule has 0 aliphatic heterocycles. The van der Waals surface area contributed by atoms with Crippen molar-refractivity contribution in [2.45, 2.75) is 53.0 Å². The van der Waals surface area contributed by atoms with Crippen LogP contribution in [0.3, 0.4) is 0 Å². The highest BCUT2D eigenvalue weighted by Crippen LogP contribution is 2.09. The average Bonchev–Trinajstić information content (AvgIpc) is 2.11. The molecule has 0 radical (unpaired) electrons. The fraction of sp³-hybridized carbons (Fsp3) is 1.00. The van der Waals surface area contributed by atoms with E-state index in [0.717, 1.165) is 19.3 Å². The molecule has 0 spiro atoms. The van der Waals surface area contributed by atoms with E-state index < -0.39 is 10.0 Å². The Hall–Kier alpha value is -0.0900. The highest BCUT2D eigenvalue weighted by molar-refractivity contribution is 7.89. The van der Waals surface area contributed by atoms with Crippen molar-refractivity contribution in [3.8, 4) is 0 Å². The second-order valence-corrected chi connectivity index (χ2v) is 6.02. The van der Waals surface area contributed by atoms with Gasteiger partial charge in [-0.2, -0.15) is 4.31 Å². The smallest absolute Gasteiger partial charge is 0.212 e. The van der Waals surface area contributed by atoms with Gasteiger partial charge in [-0.05, 0) is 27.2 Å². The topological polar surface area (TPSA) is 37.4 Å². The fourth-order valence-electron chi connectivity index (χ4n) is 1.40. The largest absolute Gasteiger partial charge is 0.214 e. The fourth-order valence-corrected chi connectivity index (χ4v) is 2.78. The van der Waals surface area contributed by atoms with E-state index >= 15 is 0 Å². The number of sulfonamides is 1. The maximum absolute atomic E-state index is 11.7. The highest BCUT2D eigenvalue weighted by atomic mass is 32.2. The van der Waals surface area contributed by atoms with E-state index in [0.29, 0.717) is 6.54 Å². The van der Waals surface area contributed by atoms with Crippen LogP contribution in [-0.4, -0.2) is 31.1 Å². The van der Waals surface area contributed by atoms with Crippen LogP contribution in [0, 0.1) is 0 Å². The summed E-state index contributed by atoms with van der Waals surface area (Å²) in [5.41, 5.74) is 0. The van der Waals surface area contributed by atoms with Gasteiger partial charge in [0.15, 0.2) is 0 Å². The third-order valence-electron chi connectivity index (χ3n) is 2.28. The summed E-state index contributed by atoms with van der Waals surface area (Å²) in [6.45, 7) is 8.35. The SMILES string of the molecule is CCCCCN(C(C)C)S(=O)(=O)CC. The molecule has 0 aliphatic rings. The van der Waals surface area contributed by atoms with Crippen molar-refractivity contribution in [3.63, 3.8) is 0 Å². The van der Waals surface area contributed by atoms with E-state index in [1.165, 1.54) is 0 Å². The predicted molar refractivity (Wildman–Crippen MR) is 60.8 cm³/mol. The van der Waals surface area contributed by atoms with Crippen LogP contribution < -0.4 is 0 Å². The Labute approximate surface area is 88.5 Å². The van der Waals surface area contributed by atoms with Crippen LogP contribution in [0.4, 0.5) is 0 Å². The molecule has 4 heteroatoms. The van der Waals surface area contributed by atoms with Crippen LogP contribution in [0.2, 0.25) is 0 Å². The number of rotatable bonds is 7. The summed E-state index contributed by atoms with van der Waals surface area (Å²) in [5.74, 6) is 0.206. The lowest BCUT2D eigenvalue weighted by molar-refractivity contribution is 0.346. The first-order valence-corrected chi connectivity index (χ1v) is 7.06. The van der Waals surface area contributed by atoms with E-state index in [-0.39, 0.29) is 11.8 Å². The van der Waals surface area contributed by atoms with Crippen LogP contribution in [0.5, 0.6) is 0 Å². The van der Waals surface area contributed by atoms with Crippen molar-refractivity contribution in [2.24, 2.45) is 0 Å². The summed E-state index contributed by atoms with van der Waals surface area (Å²) in [6, 6.07) is 0.0804. The molecule has 0 rings (SSSR count). The van der Waals surface area contributed by atoms with E-state index in [2.05, 4.69) is 6.92 Å². The molecule has 3 nitrogen and oxygen atoms in total. The van der Waals surface area contributed by atoms with Gasteiger partial charge in [0.1, 0.15) is 0 Å². The molecule has 0 saturated carbocycles. The first kappa shape index (κ1) is 13.9. The maximum atomic E-state index is 11.7. The third-order valence-corrected chi connectivity index (χ3v) is 4.33. The average molecular weight is 221 g/mol. The minimum absolute atomic E-state index is 0.0804. The molecule has 0 aliphatic carbocycles. The molecule has 0 amide bonds. The summed E-state index contributed by atoms with van der Waals surface area (Å²) in [4.78, 5) is 0. The molecule has 14 heavy (non-hydrogen) atoms. The highest BCUT2D eigenvalue weighted by Gasteiger charge is 2.21. The monoisotopic (exact) mass is 221 g/mol. The normalized spacial score (nSPS) is 12.7. The van der Waals surface area contributed by atoms with E-state index in [1.807, 2.05) is 13.8 Å². The van der Waals surface area contributed by atoms with Gasteiger partial charge in [0, 0.05) is 12.6 Å². The van der Waals surface area contributed by atoms with Gasteiger partial charge in [0.05, 0.1) is 5.75 Å². The standard InChI is InChI=1S/C10H23NO2S/c1-5-7-8-9-11(10(3)4)14(12,13)6-2/h10H,5-9H2,1-4H3. The van der Waals surface area contributed by atoms with Gasteiger partial charge in [0.25, 0.3) is 0 Å². The molecule has 0 unspecified atom stereocenters. The first-order chi connectivity index (χ1) is 6.45. The van der Waals surface area contributed by atoms with Gasteiger partial charge < -0.3 is 0 Å². The van der Waals surface area contributed by atoms with E-state index in [4.69, 9.17) is 0 Å². The zero-order chi connectivity index (χ0) is 11.2. The molecule has 0 atom stereocenters. The summed E-state index contributed by atoms with van der Waals surface area (Å²) in [7, 11) is -3.01. The Kier molecular flexibility index (Phi) is 6.36. The number of hydrogen-bond donors (Lipinski definition) is 0. The van der Waals surface area contributed by atoms with Gasteiger partial charge >= 0.3 is 0 Å². The van der Waals surface area contributed by atoms with Crippen LogP contribution in [0.15, 0.2) is 0 Å². The van der Waals surface area contributed by atoms with Gasteiger partial charge in [-0.15, -0.1) is 0 Å². The van der Waals surface area contributed by atoms with Crippen molar-refractivity contribution in [1.29, 1.82) is 0 Å². The minimum Gasteiger partial charge on any atom is -0.212 e. The summed E-state index contributed by atoms with van der Waals surface area (Å²) in [6.07, 6.45) is 3.19. The zero-order valence-corrected chi connectivity index (χ0v) is 10.6. The lowest BCUT2D eigenvalue weighted by Gasteiger charge is -2.25. The van der Waals surface area contributed by atoms with Crippen molar-refractivity contribution in [1.82, 2.24) is 4.31 Å². The Balaban J connectivity index is 4.31. The lowest BCUT2D eigenvalue weighted by atomic mass is 10.2. The van der Waals surface area contributed by atoms with E-state index in [1.54, 1.807) is 11.2 Å². The minimum atomic E-state index is -3.01. The molecule has 86 valence electrons. The molecule has 0 heterocycles. The molecule has 0 fully saturated rings. The summed E-state index contributed by atoms with van der Waals surface area (Å²) >= 11 is 0. The van der Waals surface area contributed by atoms with Crippen molar-refractivity contribution < 1.29 is 8.42 Å². The van der Waals surface area contributed by atoms with Crippen LogP contribution >= 0.6 is 0 Å². The summed E-state index contributed by atoms with van der Waals surface area (Å²) in [5, 5.41) is 0. The lowest BCUT2D eigenvalue weighted by Crippen LogP contribution is -2.38. The zero-order valence-electron chi connectivity index (χ0n) is 9.78. The molecule has 0 aromatic carbocycles. The Morgan fingerprint density at radius 3 is 2.07 bits per heavy atom. The second-order valence-electron chi connectivity index (χ2n) is 3.81. The Morgan fingerprint density at radius 2 is 1.71 bits per heavy atom. The molecule has 0 aromatic heterocycles. The maximum Gasteiger partial charge on any atom is 0.214 e. The number of unbranched alkanes of at least 4 members (excludes halogenated alkanes) is 2. The predicted octanol–water partition coefficient (Wildman–Crippen LogP) is 2.24. The molecular formula is C10H23NO2S. The van der Waals surface area contributed by atoms with Crippen molar-refractivity contribution in [3.05, 3.63) is 0 Å². The van der Waals surface area contributed by atoms with Gasteiger partial charge in [0.2, 0.25) is 10.0 Å². The van der Waals surface area contributed by atoms with Crippen LogP contribution in [0.1, 0.15) is 47.0 Å². The molecule has 0 N–H and O–H groups in total. The Morgan fingerprint density at radius 1 is 1.14 bits per heavy atom. The van der Waals surface area contributed by atoms with Crippen molar-refractivity contribution in [2.75, 3.05) is 12.3 Å². The number of hydrogen-bond acceptors (Lipinski definition) is 2. The van der Waals surface area contributed by atoms with Gasteiger partial charge in [-0.3, -0.25) is 0 Å². The molecule has 0 saturated heterocycles. The van der Waals surface area contributed by atoms with Gasteiger partial charge in [-0.1, -0.05) is 19.8 Å². The summed E-state index contributed by atoms with van der Waals surface area (Å²) < 4.78 is 24.9. The first-order valence-electron chi connectivity index (χ1n) is 5.45. The van der Waals surface area contributed by atoms with Crippen LogP contribution in [-0.2, 0) is 10.0 Å². The van der Waals surface area contributed by atoms with E-state index in [9.17, 15) is 8.42 Å². The molecule has 0 bridgehead atoms. The Bertz CT molecular complexity index is 235. The second kappa shape index (κ2) is 6.40. The number of nitrogens with zero attached hydrogens (tertiary/aromatic N) is 1. The quantitative estimate of drug-likeness (QED) is 0.618. The van der Waals surface area contributed by atoms with Gasteiger partial charge in [-0.25, -0.2) is 8.42 Å². The van der Waals surface area contributed by atoms with Crippen LogP contribution in [0.25, 0.3) is 0 Å². The molecular weight excluding hydrogens is 198 g/mol. The third kappa shape index (κ3) is 4.42. The molecule has 0 aromatic rings.